The molecule has 0 aliphatic rings. The zero-order valence-electron chi connectivity index (χ0n) is 16.0. The van der Waals surface area contributed by atoms with Crippen LogP contribution in [0.1, 0.15) is 17.0 Å². The standard InChI is InChI=1S/C23H19N3O3/c1-15-7-5-11-19(16(15)2)29-23-18(9-6-14-24-23)25-21(27)12-13-22-26-17-8-3-4-10-20(17)28-22/h3-14H,1-2H3,(H,25,27)/b13-12+. The number of hydrogen-bond acceptors (Lipinski definition) is 5. The molecule has 4 aromatic rings. The van der Waals surface area contributed by atoms with Crippen LogP contribution in [0, 0.1) is 13.8 Å². The van der Waals surface area contributed by atoms with Crippen LogP contribution in [0.2, 0.25) is 0 Å². The number of hydrogen-bond donors (Lipinski definition) is 1. The van der Waals surface area contributed by atoms with Crippen LogP contribution >= 0.6 is 0 Å². The van der Waals surface area contributed by atoms with Crippen LogP contribution in [0.15, 0.2) is 71.3 Å². The average Bonchev–Trinajstić information content (AvgIpc) is 3.14. The van der Waals surface area contributed by atoms with Crippen molar-refractivity contribution in [2.24, 2.45) is 0 Å². The smallest absolute Gasteiger partial charge is 0.248 e. The maximum atomic E-state index is 12.4. The largest absolute Gasteiger partial charge is 0.437 e. The molecule has 29 heavy (non-hydrogen) atoms. The summed E-state index contributed by atoms with van der Waals surface area (Å²) >= 11 is 0. The molecule has 6 nitrogen and oxygen atoms in total. The fraction of sp³-hybridized carbons (Fsp3) is 0.0870. The van der Waals surface area contributed by atoms with Gasteiger partial charge in [-0.2, -0.15) is 0 Å². The number of aromatic nitrogens is 2. The molecular weight excluding hydrogens is 366 g/mol. The van der Waals surface area contributed by atoms with Crippen molar-refractivity contribution in [2.45, 2.75) is 13.8 Å². The van der Waals surface area contributed by atoms with Crippen molar-refractivity contribution in [1.82, 2.24) is 9.97 Å². The van der Waals surface area contributed by atoms with Gasteiger partial charge < -0.3 is 14.5 Å². The van der Waals surface area contributed by atoms with E-state index >= 15 is 0 Å². The molecular formula is C23H19N3O3. The topological polar surface area (TPSA) is 77.2 Å². The van der Waals surface area contributed by atoms with E-state index in [1.807, 2.05) is 56.3 Å². The third-order valence-corrected chi connectivity index (χ3v) is 4.48. The van der Waals surface area contributed by atoms with Crippen molar-refractivity contribution in [3.05, 3.63) is 83.9 Å². The van der Waals surface area contributed by atoms with Gasteiger partial charge in [-0.15, -0.1) is 0 Å². The number of oxazole rings is 1. The molecule has 4 rings (SSSR count). The van der Waals surface area contributed by atoms with Crippen LogP contribution in [0.4, 0.5) is 5.69 Å². The van der Waals surface area contributed by atoms with Gasteiger partial charge in [0.15, 0.2) is 5.58 Å². The van der Waals surface area contributed by atoms with Gasteiger partial charge in [0.25, 0.3) is 0 Å². The van der Waals surface area contributed by atoms with Crippen molar-refractivity contribution in [1.29, 1.82) is 0 Å². The number of benzene rings is 2. The number of pyridine rings is 1. The van der Waals surface area contributed by atoms with Gasteiger partial charge in [-0.3, -0.25) is 4.79 Å². The summed E-state index contributed by atoms with van der Waals surface area (Å²) in [6, 6.07) is 16.7. The summed E-state index contributed by atoms with van der Waals surface area (Å²) in [4.78, 5) is 20.9. The predicted octanol–water partition coefficient (Wildman–Crippen LogP) is 5.28. The maximum Gasteiger partial charge on any atom is 0.248 e. The SMILES string of the molecule is Cc1cccc(Oc2ncccc2NC(=O)/C=C/c2nc3ccccc3o2)c1C. The minimum Gasteiger partial charge on any atom is -0.437 e. The summed E-state index contributed by atoms with van der Waals surface area (Å²) in [5.74, 6) is 1.04. The second-order valence-corrected chi connectivity index (χ2v) is 6.50. The average molecular weight is 385 g/mol. The van der Waals surface area contributed by atoms with Crippen molar-refractivity contribution in [2.75, 3.05) is 5.32 Å². The Bertz CT molecular complexity index is 1180. The highest BCUT2D eigenvalue weighted by Gasteiger charge is 2.11. The Hall–Kier alpha value is -3.93. The molecule has 0 saturated carbocycles. The lowest BCUT2D eigenvalue weighted by atomic mass is 10.1. The Morgan fingerprint density at radius 2 is 1.93 bits per heavy atom. The van der Waals surface area contributed by atoms with E-state index in [1.54, 1.807) is 18.3 Å². The van der Waals surface area contributed by atoms with E-state index in [4.69, 9.17) is 9.15 Å². The molecule has 0 aliphatic heterocycles. The third kappa shape index (κ3) is 4.16. The molecule has 0 saturated heterocycles. The predicted molar refractivity (Wildman–Crippen MR) is 112 cm³/mol. The van der Waals surface area contributed by atoms with Gasteiger partial charge >= 0.3 is 0 Å². The Balaban J connectivity index is 1.50. The molecule has 2 aromatic heterocycles. The van der Waals surface area contributed by atoms with Crippen LogP contribution in [0.25, 0.3) is 17.2 Å². The van der Waals surface area contributed by atoms with Crippen LogP contribution < -0.4 is 10.1 Å². The van der Waals surface area contributed by atoms with E-state index in [0.29, 0.717) is 28.8 Å². The molecule has 0 radical (unpaired) electrons. The summed E-state index contributed by atoms with van der Waals surface area (Å²) < 4.78 is 11.5. The van der Waals surface area contributed by atoms with Crippen molar-refractivity contribution < 1.29 is 13.9 Å². The number of carbonyl (C=O) groups is 1. The molecule has 0 aliphatic carbocycles. The first-order valence-electron chi connectivity index (χ1n) is 9.14. The van der Waals surface area contributed by atoms with Crippen molar-refractivity contribution in [3.63, 3.8) is 0 Å². The first kappa shape index (κ1) is 18.4. The molecule has 0 fully saturated rings. The number of nitrogens with zero attached hydrogens (tertiary/aromatic N) is 2. The molecule has 0 atom stereocenters. The second-order valence-electron chi connectivity index (χ2n) is 6.50. The number of rotatable bonds is 5. The summed E-state index contributed by atoms with van der Waals surface area (Å²) in [5.41, 5.74) is 4.02. The first-order valence-corrected chi connectivity index (χ1v) is 9.14. The number of para-hydroxylation sites is 2. The summed E-state index contributed by atoms with van der Waals surface area (Å²) in [6.45, 7) is 4.00. The molecule has 1 N–H and O–H groups in total. The Kier molecular flexibility index (Phi) is 5.07. The zero-order valence-corrected chi connectivity index (χ0v) is 16.0. The molecule has 0 spiro atoms. The number of amides is 1. The number of ether oxygens (including phenoxy) is 1. The van der Waals surface area contributed by atoms with E-state index in [2.05, 4.69) is 15.3 Å². The highest BCUT2D eigenvalue weighted by molar-refractivity contribution is 6.02. The van der Waals surface area contributed by atoms with Gasteiger partial charge in [-0.05, 0) is 55.3 Å². The maximum absolute atomic E-state index is 12.4. The lowest BCUT2D eigenvalue weighted by Gasteiger charge is -2.12. The van der Waals surface area contributed by atoms with Crippen molar-refractivity contribution >= 4 is 28.8 Å². The minimum atomic E-state index is -0.342. The monoisotopic (exact) mass is 385 g/mol. The van der Waals surface area contributed by atoms with Crippen molar-refractivity contribution in [3.8, 4) is 11.6 Å². The fourth-order valence-electron chi connectivity index (χ4n) is 2.79. The van der Waals surface area contributed by atoms with Crippen LogP contribution in [-0.4, -0.2) is 15.9 Å². The molecule has 6 heteroatoms. The van der Waals surface area contributed by atoms with E-state index in [0.717, 1.165) is 16.6 Å². The van der Waals surface area contributed by atoms with E-state index < -0.39 is 0 Å². The molecule has 0 bridgehead atoms. The number of carbonyl (C=O) groups excluding carboxylic acids is 1. The Labute approximate surface area is 167 Å². The van der Waals surface area contributed by atoms with Gasteiger partial charge in [0, 0.05) is 18.3 Å². The molecule has 2 heterocycles. The number of aryl methyl sites for hydroxylation is 1. The van der Waals surface area contributed by atoms with Gasteiger partial charge in [0.1, 0.15) is 17.0 Å². The summed E-state index contributed by atoms with van der Waals surface area (Å²) in [6.07, 6.45) is 4.50. The number of nitrogens with one attached hydrogen (secondary N) is 1. The van der Waals surface area contributed by atoms with E-state index in [1.165, 1.54) is 12.2 Å². The lowest BCUT2D eigenvalue weighted by Crippen LogP contribution is -2.09. The van der Waals surface area contributed by atoms with Crippen LogP contribution in [-0.2, 0) is 4.79 Å². The summed E-state index contributed by atoms with van der Waals surface area (Å²) in [5, 5.41) is 2.79. The van der Waals surface area contributed by atoms with E-state index in [9.17, 15) is 4.79 Å². The Morgan fingerprint density at radius 1 is 1.07 bits per heavy atom. The van der Waals surface area contributed by atoms with Crippen LogP contribution in [0.5, 0.6) is 11.6 Å². The normalized spacial score (nSPS) is 11.1. The molecule has 1 amide bonds. The van der Waals surface area contributed by atoms with Gasteiger partial charge in [0.05, 0.1) is 0 Å². The summed E-state index contributed by atoms with van der Waals surface area (Å²) in [7, 11) is 0. The number of anilines is 1. The first-order chi connectivity index (χ1) is 14.1. The highest BCUT2D eigenvalue weighted by Crippen LogP contribution is 2.30. The van der Waals surface area contributed by atoms with Gasteiger partial charge in [-0.1, -0.05) is 24.3 Å². The quantitative estimate of drug-likeness (QED) is 0.473. The number of fused-ring (bicyclic) bond motifs is 1. The second kappa shape index (κ2) is 7.98. The molecule has 144 valence electrons. The highest BCUT2D eigenvalue weighted by atomic mass is 16.5. The van der Waals surface area contributed by atoms with E-state index in [-0.39, 0.29) is 5.91 Å². The van der Waals surface area contributed by atoms with Gasteiger partial charge in [0.2, 0.25) is 17.7 Å². The third-order valence-electron chi connectivity index (χ3n) is 4.48. The van der Waals surface area contributed by atoms with Gasteiger partial charge in [-0.25, -0.2) is 9.97 Å². The van der Waals surface area contributed by atoms with Crippen LogP contribution in [0.3, 0.4) is 0 Å². The lowest BCUT2D eigenvalue weighted by molar-refractivity contribution is -0.111. The molecule has 0 unspecified atom stereocenters. The minimum absolute atomic E-state index is 0.324. The zero-order chi connectivity index (χ0) is 20.2. The fourth-order valence-corrected chi connectivity index (χ4v) is 2.79. The Morgan fingerprint density at radius 3 is 2.79 bits per heavy atom. The molecule has 2 aromatic carbocycles.